The number of rotatable bonds is 9. The number of carbonyl (C=O) groups excluding carboxylic acids is 2. The van der Waals surface area contributed by atoms with Crippen molar-refractivity contribution in [1.82, 2.24) is 20.4 Å². The summed E-state index contributed by atoms with van der Waals surface area (Å²) in [6, 6.07) is 15.4. The normalized spacial score (nSPS) is 11.9. The lowest BCUT2D eigenvalue weighted by atomic mass is 10.0. The molecule has 3 rings (SSSR count). The van der Waals surface area contributed by atoms with Gasteiger partial charge in [-0.25, -0.2) is 0 Å². The molecule has 0 saturated heterocycles. The van der Waals surface area contributed by atoms with Crippen LogP contribution in [0.15, 0.2) is 59.0 Å². The number of nitrogens with one attached hydrogen (secondary N) is 1. The van der Waals surface area contributed by atoms with Gasteiger partial charge in [0, 0.05) is 12.1 Å². The number of hydrogen-bond acceptors (Lipinski definition) is 5. The van der Waals surface area contributed by atoms with Crippen LogP contribution in [-0.2, 0) is 11.3 Å². The number of halogens is 1. The average Bonchev–Trinajstić information content (AvgIpc) is 3.25. The molecule has 8 heteroatoms. The second kappa shape index (κ2) is 10.9. The predicted octanol–water partition coefficient (Wildman–Crippen LogP) is 4.58. The molecule has 0 fully saturated rings. The molecule has 0 spiro atoms. The van der Waals surface area contributed by atoms with E-state index >= 15 is 0 Å². The molecule has 2 amide bonds. The molecule has 1 atom stereocenters. The van der Waals surface area contributed by atoms with Crippen LogP contribution in [-0.4, -0.2) is 39.5 Å². The SMILES string of the molecule is CCCN(Cc1nnc(-c2ccccc2Cl)o1)C(=O)C(NC(=O)c1ccccc1)C(C)C. The molecule has 0 radical (unpaired) electrons. The molecule has 0 bridgehead atoms. The summed E-state index contributed by atoms with van der Waals surface area (Å²) in [5.74, 6) is 0.0262. The fraction of sp³-hybridized carbons (Fsp3) is 0.333. The van der Waals surface area contributed by atoms with Gasteiger partial charge in [-0.2, -0.15) is 0 Å². The van der Waals surface area contributed by atoms with E-state index in [1.165, 1.54) is 0 Å². The third kappa shape index (κ3) is 5.73. The highest BCUT2D eigenvalue weighted by molar-refractivity contribution is 6.33. The summed E-state index contributed by atoms with van der Waals surface area (Å²) in [6.45, 7) is 6.43. The van der Waals surface area contributed by atoms with Gasteiger partial charge in [0.15, 0.2) is 0 Å². The second-order valence-electron chi connectivity index (χ2n) is 7.80. The van der Waals surface area contributed by atoms with Gasteiger partial charge in [0.05, 0.1) is 17.1 Å². The van der Waals surface area contributed by atoms with Crippen molar-refractivity contribution >= 4 is 23.4 Å². The van der Waals surface area contributed by atoms with Gasteiger partial charge in [0.2, 0.25) is 17.7 Å². The summed E-state index contributed by atoms with van der Waals surface area (Å²) in [7, 11) is 0. The molecule has 0 saturated carbocycles. The fourth-order valence-electron chi connectivity index (χ4n) is 3.29. The first-order valence-corrected chi connectivity index (χ1v) is 11.0. The topological polar surface area (TPSA) is 88.3 Å². The highest BCUT2D eigenvalue weighted by Crippen LogP contribution is 2.26. The smallest absolute Gasteiger partial charge is 0.251 e. The number of nitrogens with zero attached hydrogens (tertiary/aromatic N) is 3. The maximum Gasteiger partial charge on any atom is 0.251 e. The molecule has 1 heterocycles. The number of carbonyl (C=O) groups is 2. The standard InChI is InChI=1S/C24H27ClN4O3/c1-4-14-29(15-20-27-28-23(32-20)18-12-8-9-13-19(18)25)24(31)21(16(2)3)26-22(30)17-10-6-5-7-11-17/h5-13,16,21H,4,14-15H2,1-3H3,(H,26,30). The molecule has 1 unspecified atom stereocenters. The Hall–Kier alpha value is -3.19. The van der Waals surface area contributed by atoms with E-state index in [2.05, 4.69) is 15.5 Å². The van der Waals surface area contributed by atoms with E-state index < -0.39 is 6.04 Å². The highest BCUT2D eigenvalue weighted by Gasteiger charge is 2.29. The molecule has 0 aliphatic carbocycles. The van der Waals surface area contributed by atoms with Gasteiger partial charge in [0.1, 0.15) is 6.04 Å². The van der Waals surface area contributed by atoms with E-state index in [9.17, 15) is 9.59 Å². The molecule has 2 aromatic carbocycles. The van der Waals surface area contributed by atoms with E-state index in [0.29, 0.717) is 34.5 Å². The maximum atomic E-state index is 13.4. The minimum Gasteiger partial charge on any atom is -0.419 e. The fourth-order valence-corrected chi connectivity index (χ4v) is 3.50. The van der Waals surface area contributed by atoms with Crippen LogP contribution in [0.4, 0.5) is 0 Å². The van der Waals surface area contributed by atoms with Gasteiger partial charge in [-0.05, 0) is 36.6 Å². The van der Waals surface area contributed by atoms with E-state index in [1.54, 1.807) is 41.3 Å². The average molecular weight is 455 g/mol. The zero-order chi connectivity index (χ0) is 23.1. The van der Waals surface area contributed by atoms with Crippen molar-refractivity contribution in [1.29, 1.82) is 0 Å². The van der Waals surface area contributed by atoms with Crippen molar-refractivity contribution in [3.63, 3.8) is 0 Å². The minimum absolute atomic E-state index is 0.101. The zero-order valence-electron chi connectivity index (χ0n) is 18.4. The molecule has 168 valence electrons. The Morgan fingerprint density at radius 3 is 2.41 bits per heavy atom. The minimum atomic E-state index is -0.680. The van der Waals surface area contributed by atoms with Gasteiger partial charge >= 0.3 is 0 Å². The van der Waals surface area contributed by atoms with E-state index in [-0.39, 0.29) is 24.3 Å². The molecule has 1 aromatic heterocycles. The van der Waals surface area contributed by atoms with Crippen LogP contribution in [0.5, 0.6) is 0 Å². The van der Waals surface area contributed by atoms with Gasteiger partial charge in [-0.15, -0.1) is 10.2 Å². The molecule has 0 aliphatic heterocycles. The monoisotopic (exact) mass is 454 g/mol. The predicted molar refractivity (Wildman–Crippen MR) is 123 cm³/mol. The van der Waals surface area contributed by atoms with Crippen LogP contribution in [0, 0.1) is 5.92 Å². The third-order valence-corrected chi connectivity index (χ3v) is 5.29. The molecule has 7 nitrogen and oxygen atoms in total. The Morgan fingerprint density at radius 1 is 1.06 bits per heavy atom. The van der Waals surface area contributed by atoms with E-state index in [0.717, 1.165) is 6.42 Å². The van der Waals surface area contributed by atoms with Gasteiger partial charge in [-0.3, -0.25) is 9.59 Å². The molecule has 0 aliphatic rings. The number of hydrogen-bond donors (Lipinski definition) is 1. The summed E-state index contributed by atoms with van der Waals surface area (Å²) >= 11 is 6.22. The van der Waals surface area contributed by atoms with Gasteiger partial charge < -0.3 is 14.6 Å². The summed E-state index contributed by atoms with van der Waals surface area (Å²) < 4.78 is 5.78. The Kier molecular flexibility index (Phi) is 8.00. The van der Waals surface area contributed by atoms with Crippen molar-refractivity contribution in [3.05, 3.63) is 71.1 Å². The zero-order valence-corrected chi connectivity index (χ0v) is 19.2. The van der Waals surface area contributed by atoms with Crippen LogP contribution in [0.25, 0.3) is 11.5 Å². The summed E-state index contributed by atoms with van der Waals surface area (Å²) in [4.78, 5) is 27.7. The first kappa shape index (κ1) is 23.5. The second-order valence-corrected chi connectivity index (χ2v) is 8.21. The molecular weight excluding hydrogens is 428 g/mol. The van der Waals surface area contributed by atoms with Gasteiger partial charge in [0.25, 0.3) is 5.91 Å². The maximum absolute atomic E-state index is 13.4. The van der Waals surface area contributed by atoms with Crippen molar-refractivity contribution in [2.45, 2.75) is 39.8 Å². The lowest BCUT2D eigenvalue weighted by Crippen LogP contribution is -2.51. The van der Waals surface area contributed by atoms with Gasteiger partial charge in [-0.1, -0.05) is 62.7 Å². The molecule has 1 N–H and O–H groups in total. The van der Waals surface area contributed by atoms with Crippen molar-refractivity contribution in [2.75, 3.05) is 6.54 Å². The Morgan fingerprint density at radius 2 is 1.75 bits per heavy atom. The Labute approximate surface area is 192 Å². The quantitative estimate of drug-likeness (QED) is 0.511. The van der Waals surface area contributed by atoms with Crippen LogP contribution in [0.2, 0.25) is 5.02 Å². The first-order valence-electron chi connectivity index (χ1n) is 10.6. The Balaban J connectivity index is 1.76. The van der Waals surface area contributed by atoms with E-state index in [1.807, 2.05) is 39.0 Å². The number of aromatic nitrogens is 2. The van der Waals surface area contributed by atoms with Crippen molar-refractivity contribution in [2.24, 2.45) is 5.92 Å². The lowest BCUT2D eigenvalue weighted by Gasteiger charge is -2.28. The summed E-state index contributed by atoms with van der Waals surface area (Å²) in [5.41, 5.74) is 1.14. The van der Waals surface area contributed by atoms with Crippen LogP contribution >= 0.6 is 11.6 Å². The number of benzene rings is 2. The van der Waals surface area contributed by atoms with Crippen LogP contribution in [0.3, 0.4) is 0 Å². The van der Waals surface area contributed by atoms with Crippen LogP contribution in [0.1, 0.15) is 43.4 Å². The lowest BCUT2D eigenvalue weighted by molar-refractivity contribution is -0.135. The summed E-state index contributed by atoms with van der Waals surface area (Å²) in [5, 5.41) is 11.6. The van der Waals surface area contributed by atoms with Crippen LogP contribution < -0.4 is 5.32 Å². The Bertz CT molecular complexity index is 1050. The largest absolute Gasteiger partial charge is 0.419 e. The van der Waals surface area contributed by atoms with E-state index in [4.69, 9.17) is 16.0 Å². The first-order chi connectivity index (χ1) is 15.4. The van der Waals surface area contributed by atoms with Crippen molar-refractivity contribution in [3.8, 4) is 11.5 Å². The highest BCUT2D eigenvalue weighted by atomic mass is 35.5. The molecule has 3 aromatic rings. The van der Waals surface area contributed by atoms with Crippen molar-refractivity contribution < 1.29 is 14.0 Å². The number of amides is 2. The summed E-state index contributed by atoms with van der Waals surface area (Å²) in [6.07, 6.45) is 0.745. The molecule has 32 heavy (non-hydrogen) atoms. The third-order valence-electron chi connectivity index (χ3n) is 4.96. The molecular formula is C24H27ClN4O3.